The molecule has 0 fully saturated rings. The summed E-state index contributed by atoms with van der Waals surface area (Å²) in [5, 5.41) is 11.9. The fraction of sp³-hybridized carbons (Fsp3) is 0.462. The Balaban J connectivity index is 2.15. The number of rotatable bonds is 7. The Morgan fingerprint density at radius 1 is 1.25 bits per heavy atom. The van der Waals surface area contributed by atoms with E-state index in [1.54, 1.807) is 0 Å². The Morgan fingerprint density at radius 3 is 2.62 bits per heavy atom. The average Bonchev–Trinajstić information content (AvgIpc) is 2.34. The molecule has 0 saturated heterocycles. The predicted molar refractivity (Wildman–Crippen MR) is 64.0 cm³/mol. The molecule has 3 nitrogen and oxygen atoms in total. The minimum absolute atomic E-state index is 0.704. The lowest BCUT2D eigenvalue weighted by Crippen LogP contribution is -2.19. The third-order valence-electron chi connectivity index (χ3n) is 2.18. The maximum Gasteiger partial charge on any atom is 0.0991 e. The molecule has 86 valence electrons. The van der Waals surface area contributed by atoms with Crippen LogP contribution in [-0.2, 0) is 11.3 Å². The van der Waals surface area contributed by atoms with Gasteiger partial charge in [0.1, 0.15) is 0 Å². The van der Waals surface area contributed by atoms with Crippen molar-refractivity contribution >= 4 is 0 Å². The Kier molecular flexibility index (Phi) is 6.24. The summed E-state index contributed by atoms with van der Waals surface area (Å²) in [4.78, 5) is 0. The second-order valence-corrected chi connectivity index (χ2v) is 3.60. The number of nitrogens with zero attached hydrogens (tertiary/aromatic N) is 1. The van der Waals surface area contributed by atoms with Crippen LogP contribution in [0.1, 0.15) is 24.5 Å². The van der Waals surface area contributed by atoms with Crippen LogP contribution in [0.3, 0.4) is 0 Å². The van der Waals surface area contributed by atoms with E-state index in [9.17, 15) is 0 Å². The average molecular weight is 218 g/mol. The van der Waals surface area contributed by atoms with Crippen LogP contribution in [-0.4, -0.2) is 19.8 Å². The molecule has 0 radical (unpaired) electrons. The van der Waals surface area contributed by atoms with Gasteiger partial charge in [0, 0.05) is 19.7 Å². The topological polar surface area (TPSA) is 45.0 Å². The molecule has 0 spiro atoms. The van der Waals surface area contributed by atoms with Gasteiger partial charge in [-0.2, -0.15) is 5.26 Å². The normalized spacial score (nSPS) is 10.0. The van der Waals surface area contributed by atoms with Gasteiger partial charge in [-0.15, -0.1) is 0 Å². The van der Waals surface area contributed by atoms with Crippen molar-refractivity contribution in [3.05, 3.63) is 35.4 Å². The first-order valence-electron chi connectivity index (χ1n) is 5.64. The van der Waals surface area contributed by atoms with Crippen LogP contribution in [0.2, 0.25) is 0 Å². The molecule has 0 amide bonds. The Labute approximate surface area is 97.0 Å². The second kappa shape index (κ2) is 7.86. The summed E-state index contributed by atoms with van der Waals surface area (Å²) in [6.07, 6.45) is 1.07. The van der Waals surface area contributed by atoms with E-state index in [1.165, 1.54) is 5.56 Å². The standard InChI is InChI=1S/C13H18N2O/c1-2-8-16-9-7-15-11-13-5-3-12(10-14)4-6-13/h3-6,15H,2,7-9,11H2,1H3. The molecular weight excluding hydrogens is 200 g/mol. The van der Waals surface area contributed by atoms with Crippen LogP contribution in [0.25, 0.3) is 0 Å². The zero-order valence-electron chi connectivity index (χ0n) is 9.70. The van der Waals surface area contributed by atoms with Crippen molar-refractivity contribution in [2.24, 2.45) is 0 Å². The van der Waals surface area contributed by atoms with Crippen LogP contribution in [0, 0.1) is 11.3 Å². The smallest absolute Gasteiger partial charge is 0.0991 e. The molecule has 1 aromatic rings. The van der Waals surface area contributed by atoms with Gasteiger partial charge in [-0.3, -0.25) is 0 Å². The Bertz CT molecular complexity index is 327. The third-order valence-corrected chi connectivity index (χ3v) is 2.18. The molecule has 1 rings (SSSR count). The van der Waals surface area contributed by atoms with Crippen LogP contribution in [0.4, 0.5) is 0 Å². The molecule has 0 atom stereocenters. The maximum atomic E-state index is 8.64. The van der Waals surface area contributed by atoms with Crippen LogP contribution >= 0.6 is 0 Å². The van der Waals surface area contributed by atoms with Crippen LogP contribution < -0.4 is 5.32 Å². The summed E-state index contributed by atoms with van der Waals surface area (Å²) < 4.78 is 5.35. The molecule has 1 N–H and O–H groups in total. The molecule has 1 aromatic carbocycles. The summed E-state index contributed by atoms with van der Waals surface area (Å²) in [6, 6.07) is 9.72. The van der Waals surface area contributed by atoms with E-state index in [0.717, 1.165) is 32.7 Å². The van der Waals surface area contributed by atoms with E-state index in [-0.39, 0.29) is 0 Å². The van der Waals surface area contributed by atoms with Gasteiger partial charge in [0.2, 0.25) is 0 Å². The fourth-order valence-electron chi connectivity index (χ4n) is 1.32. The van der Waals surface area contributed by atoms with Crippen molar-refractivity contribution in [3.63, 3.8) is 0 Å². The summed E-state index contributed by atoms with van der Waals surface area (Å²) >= 11 is 0. The van der Waals surface area contributed by atoms with Gasteiger partial charge in [-0.25, -0.2) is 0 Å². The highest BCUT2D eigenvalue weighted by Gasteiger charge is 1.93. The molecule has 0 aliphatic carbocycles. The molecule has 0 heterocycles. The third kappa shape index (κ3) is 4.92. The van der Waals surface area contributed by atoms with Gasteiger partial charge in [-0.05, 0) is 24.1 Å². The molecule has 3 heteroatoms. The van der Waals surface area contributed by atoms with Gasteiger partial charge >= 0.3 is 0 Å². The van der Waals surface area contributed by atoms with Crippen molar-refractivity contribution in [1.82, 2.24) is 5.32 Å². The number of benzene rings is 1. The molecule has 0 bridgehead atoms. The van der Waals surface area contributed by atoms with E-state index in [2.05, 4.69) is 18.3 Å². The van der Waals surface area contributed by atoms with E-state index in [1.807, 2.05) is 24.3 Å². The Hall–Kier alpha value is -1.37. The van der Waals surface area contributed by atoms with Crippen LogP contribution in [0.5, 0.6) is 0 Å². The van der Waals surface area contributed by atoms with Gasteiger partial charge in [0.15, 0.2) is 0 Å². The predicted octanol–water partition coefficient (Wildman–Crippen LogP) is 2.07. The highest BCUT2D eigenvalue weighted by Crippen LogP contribution is 2.02. The molecule has 0 unspecified atom stereocenters. The van der Waals surface area contributed by atoms with Crippen LogP contribution in [0.15, 0.2) is 24.3 Å². The lowest BCUT2D eigenvalue weighted by molar-refractivity contribution is 0.136. The highest BCUT2D eigenvalue weighted by molar-refractivity contribution is 5.31. The van der Waals surface area contributed by atoms with E-state index in [4.69, 9.17) is 10.00 Å². The van der Waals surface area contributed by atoms with E-state index >= 15 is 0 Å². The quantitative estimate of drug-likeness (QED) is 0.713. The monoisotopic (exact) mass is 218 g/mol. The lowest BCUT2D eigenvalue weighted by Gasteiger charge is -2.05. The summed E-state index contributed by atoms with van der Waals surface area (Å²) in [7, 11) is 0. The number of hydrogen-bond donors (Lipinski definition) is 1. The van der Waals surface area contributed by atoms with Crippen molar-refractivity contribution in [2.75, 3.05) is 19.8 Å². The number of nitrogens with one attached hydrogen (secondary N) is 1. The summed E-state index contributed by atoms with van der Waals surface area (Å²) in [5.74, 6) is 0. The van der Waals surface area contributed by atoms with Gasteiger partial charge in [0.25, 0.3) is 0 Å². The molecule has 0 aliphatic rings. The highest BCUT2D eigenvalue weighted by atomic mass is 16.5. The second-order valence-electron chi connectivity index (χ2n) is 3.60. The summed E-state index contributed by atoms with van der Waals surface area (Å²) in [6.45, 7) is 5.37. The Morgan fingerprint density at radius 2 is 2.00 bits per heavy atom. The molecule has 0 saturated carbocycles. The molecular formula is C13H18N2O. The van der Waals surface area contributed by atoms with Crippen molar-refractivity contribution in [2.45, 2.75) is 19.9 Å². The first-order chi connectivity index (χ1) is 7.86. The first-order valence-corrected chi connectivity index (χ1v) is 5.64. The SMILES string of the molecule is CCCOCCNCc1ccc(C#N)cc1. The number of ether oxygens (including phenoxy) is 1. The first kappa shape index (κ1) is 12.7. The maximum absolute atomic E-state index is 8.64. The van der Waals surface area contributed by atoms with Gasteiger partial charge < -0.3 is 10.1 Å². The van der Waals surface area contributed by atoms with Gasteiger partial charge in [0.05, 0.1) is 18.2 Å². The van der Waals surface area contributed by atoms with Gasteiger partial charge in [-0.1, -0.05) is 19.1 Å². The zero-order valence-corrected chi connectivity index (χ0v) is 9.70. The lowest BCUT2D eigenvalue weighted by atomic mass is 10.1. The van der Waals surface area contributed by atoms with Crippen molar-refractivity contribution in [3.8, 4) is 6.07 Å². The minimum Gasteiger partial charge on any atom is -0.380 e. The molecule has 16 heavy (non-hydrogen) atoms. The molecule has 0 aromatic heterocycles. The number of hydrogen-bond acceptors (Lipinski definition) is 3. The zero-order chi connectivity index (χ0) is 11.6. The van der Waals surface area contributed by atoms with E-state index < -0.39 is 0 Å². The summed E-state index contributed by atoms with van der Waals surface area (Å²) in [5.41, 5.74) is 1.89. The van der Waals surface area contributed by atoms with Crippen molar-refractivity contribution in [1.29, 1.82) is 5.26 Å². The minimum atomic E-state index is 0.704. The number of nitriles is 1. The van der Waals surface area contributed by atoms with Crippen molar-refractivity contribution < 1.29 is 4.74 Å². The fourth-order valence-corrected chi connectivity index (χ4v) is 1.32. The molecule has 0 aliphatic heterocycles. The largest absolute Gasteiger partial charge is 0.380 e. The van der Waals surface area contributed by atoms with E-state index in [0.29, 0.717) is 5.56 Å².